The minimum Gasteiger partial charge on any atom is -0.422 e. The molecule has 6 heteroatoms. The zero-order valence-corrected chi connectivity index (χ0v) is 10.7. The van der Waals surface area contributed by atoms with Crippen molar-refractivity contribution in [2.45, 2.75) is 6.92 Å². The first-order valence-electron chi connectivity index (χ1n) is 5.82. The molecule has 6 nitrogen and oxygen atoms in total. The summed E-state index contributed by atoms with van der Waals surface area (Å²) in [5.41, 5.74) is 8.17. The zero-order chi connectivity index (χ0) is 13.4. The number of rotatable bonds is 2. The molecular weight excluding hydrogens is 242 g/mol. The Labute approximate surface area is 109 Å². The van der Waals surface area contributed by atoms with Gasteiger partial charge in [0.2, 0.25) is 0 Å². The maximum Gasteiger partial charge on any atom is 0.341 e. The molecule has 2 aromatic heterocycles. The van der Waals surface area contributed by atoms with Crippen LogP contribution in [0.25, 0.3) is 10.9 Å². The molecule has 0 unspecified atom stereocenters. The number of hydrogen-bond acceptors (Lipinski definition) is 5. The molecule has 0 aliphatic rings. The monoisotopic (exact) mass is 255 g/mol. The van der Waals surface area contributed by atoms with Gasteiger partial charge in [0.25, 0.3) is 0 Å². The Morgan fingerprint density at radius 3 is 2.84 bits per heavy atom. The van der Waals surface area contributed by atoms with Crippen molar-refractivity contribution in [1.29, 1.82) is 0 Å². The van der Waals surface area contributed by atoms with E-state index in [-0.39, 0.29) is 0 Å². The van der Waals surface area contributed by atoms with Crippen LogP contribution in [-0.4, -0.2) is 19.7 Å². The largest absolute Gasteiger partial charge is 0.422 e. The number of pyridine rings is 1. The number of benzene rings is 1. The lowest BCUT2D eigenvalue weighted by Gasteiger charge is -2.07. The van der Waals surface area contributed by atoms with Gasteiger partial charge < -0.3 is 10.5 Å². The first-order chi connectivity index (χ1) is 9.11. The summed E-state index contributed by atoms with van der Waals surface area (Å²) in [6.07, 6.45) is 1.58. The van der Waals surface area contributed by atoms with Crippen LogP contribution in [0, 0.1) is 6.92 Å². The second kappa shape index (κ2) is 4.24. The van der Waals surface area contributed by atoms with Gasteiger partial charge in [-0.2, -0.15) is 4.98 Å². The summed E-state index contributed by atoms with van der Waals surface area (Å²) in [5, 5.41) is 4.94. The van der Waals surface area contributed by atoms with Gasteiger partial charge in [0, 0.05) is 29.9 Å². The molecule has 0 aliphatic carbocycles. The van der Waals surface area contributed by atoms with Gasteiger partial charge in [-0.1, -0.05) is 0 Å². The van der Waals surface area contributed by atoms with Crippen LogP contribution in [0.3, 0.4) is 0 Å². The summed E-state index contributed by atoms with van der Waals surface area (Å²) in [4.78, 5) is 8.49. The number of aromatic nitrogens is 4. The number of nitrogen functional groups attached to an aromatic ring is 1. The third kappa shape index (κ3) is 2.20. The molecule has 0 spiro atoms. The van der Waals surface area contributed by atoms with Crippen molar-refractivity contribution in [3.8, 4) is 11.8 Å². The van der Waals surface area contributed by atoms with Gasteiger partial charge in [0.05, 0.1) is 5.52 Å². The fourth-order valence-electron chi connectivity index (χ4n) is 1.89. The van der Waals surface area contributed by atoms with Crippen molar-refractivity contribution in [2.24, 2.45) is 7.05 Å². The maximum absolute atomic E-state index is 5.81. The molecule has 2 N–H and O–H groups in total. The van der Waals surface area contributed by atoms with Crippen LogP contribution in [0.1, 0.15) is 5.69 Å². The number of nitrogens with zero attached hydrogens (tertiary/aromatic N) is 4. The highest BCUT2D eigenvalue weighted by Crippen LogP contribution is 2.29. The number of ether oxygens (including phenoxy) is 1. The van der Waals surface area contributed by atoms with Crippen LogP contribution in [0.5, 0.6) is 11.8 Å². The van der Waals surface area contributed by atoms with E-state index in [0.717, 1.165) is 16.6 Å². The predicted octanol–water partition coefficient (Wildman–Crippen LogP) is 2.05. The molecule has 96 valence electrons. The summed E-state index contributed by atoms with van der Waals surface area (Å²) >= 11 is 0. The number of hydrogen-bond donors (Lipinski definition) is 1. The van der Waals surface area contributed by atoms with Crippen molar-refractivity contribution < 1.29 is 4.74 Å². The van der Waals surface area contributed by atoms with Gasteiger partial charge in [-0.05, 0) is 25.1 Å². The van der Waals surface area contributed by atoms with Gasteiger partial charge in [-0.15, -0.1) is 5.10 Å². The molecular formula is C13H13N5O. The molecule has 0 saturated carbocycles. The average molecular weight is 255 g/mol. The van der Waals surface area contributed by atoms with Crippen LogP contribution in [0.2, 0.25) is 0 Å². The fourth-order valence-corrected chi connectivity index (χ4v) is 1.89. The molecule has 0 saturated heterocycles. The van der Waals surface area contributed by atoms with Crippen LogP contribution >= 0.6 is 0 Å². The summed E-state index contributed by atoms with van der Waals surface area (Å²) in [6, 6.07) is 7.67. The zero-order valence-electron chi connectivity index (χ0n) is 10.7. The maximum atomic E-state index is 5.81. The number of nitrogens with two attached hydrogens (primary N) is 1. The molecule has 0 aliphatic heterocycles. The second-order valence-corrected chi connectivity index (χ2v) is 4.34. The fraction of sp³-hybridized carbons (Fsp3) is 0.154. The van der Waals surface area contributed by atoms with Gasteiger partial charge in [0.1, 0.15) is 12.1 Å². The Kier molecular flexibility index (Phi) is 2.56. The van der Waals surface area contributed by atoms with Crippen LogP contribution in [0.15, 0.2) is 30.6 Å². The molecule has 19 heavy (non-hydrogen) atoms. The van der Waals surface area contributed by atoms with Crippen molar-refractivity contribution in [3.63, 3.8) is 0 Å². The molecule has 2 heterocycles. The van der Waals surface area contributed by atoms with Gasteiger partial charge >= 0.3 is 6.01 Å². The van der Waals surface area contributed by atoms with E-state index in [2.05, 4.69) is 15.1 Å². The lowest BCUT2D eigenvalue weighted by Crippen LogP contribution is -1.94. The number of aryl methyl sites for hydroxylation is 2. The number of fused-ring (bicyclic) bond motifs is 1. The molecule has 0 atom stereocenters. The van der Waals surface area contributed by atoms with E-state index in [1.54, 1.807) is 18.1 Å². The molecule has 1 aromatic carbocycles. The van der Waals surface area contributed by atoms with Crippen LogP contribution < -0.4 is 10.5 Å². The van der Waals surface area contributed by atoms with Crippen molar-refractivity contribution >= 4 is 16.6 Å². The molecule has 0 radical (unpaired) electrons. The lowest BCUT2D eigenvalue weighted by molar-refractivity contribution is 0.443. The van der Waals surface area contributed by atoms with E-state index >= 15 is 0 Å². The minimum atomic E-state index is 0.303. The summed E-state index contributed by atoms with van der Waals surface area (Å²) in [5.74, 6) is 0.654. The quantitative estimate of drug-likeness (QED) is 0.709. The van der Waals surface area contributed by atoms with E-state index < -0.39 is 0 Å². The predicted molar refractivity (Wildman–Crippen MR) is 72.0 cm³/mol. The molecule has 0 bridgehead atoms. The van der Waals surface area contributed by atoms with Crippen LogP contribution in [0.4, 0.5) is 5.69 Å². The Hall–Kier alpha value is -2.63. The normalized spacial score (nSPS) is 10.8. The third-order valence-corrected chi connectivity index (χ3v) is 2.70. The van der Waals surface area contributed by atoms with Gasteiger partial charge in [-0.25, -0.2) is 0 Å². The average Bonchev–Trinajstić information content (AvgIpc) is 2.76. The van der Waals surface area contributed by atoms with Crippen molar-refractivity contribution in [3.05, 3.63) is 36.3 Å². The summed E-state index contributed by atoms with van der Waals surface area (Å²) in [7, 11) is 1.79. The highest BCUT2D eigenvalue weighted by atomic mass is 16.5. The van der Waals surface area contributed by atoms with E-state index in [4.69, 9.17) is 10.5 Å². The van der Waals surface area contributed by atoms with Gasteiger partial charge in [-0.3, -0.25) is 9.67 Å². The Morgan fingerprint density at radius 2 is 2.11 bits per heavy atom. The third-order valence-electron chi connectivity index (χ3n) is 2.70. The van der Waals surface area contributed by atoms with E-state index in [1.807, 2.05) is 31.2 Å². The molecule has 3 aromatic rings. The van der Waals surface area contributed by atoms with Crippen LogP contribution in [-0.2, 0) is 7.05 Å². The van der Waals surface area contributed by atoms with E-state index in [9.17, 15) is 0 Å². The first kappa shape index (κ1) is 11.5. The SMILES string of the molecule is Cc1cc(Oc2ncn(C)n2)c2cc(N)ccc2n1. The van der Waals surface area contributed by atoms with Crippen molar-refractivity contribution in [2.75, 3.05) is 5.73 Å². The lowest BCUT2D eigenvalue weighted by atomic mass is 10.1. The van der Waals surface area contributed by atoms with Gasteiger partial charge in [0.15, 0.2) is 0 Å². The highest BCUT2D eigenvalue weighted by molar-refractivity contribution is 5.88. The van der Waals surface area contributed by atoms with E-state index in [1.165, 1.54) is 0 Å². The number of anilines is 1. The Balaban J connectivity index is 2.13. The Morgan fingerprint density at radius 1 is 1.26 bits per heavy atom. The molecule has 3 rings (SSSR count). The standard InChI is InChI=1S/C13H13N5O/c1-8-5-12(19-13-15-7-18(2)17-13)10-6-9(14)3-4-11(10)16-8/h3-7H,14H2,1-2H3. The molecule has 0 fully saturated rings. The smallest absolute Gasteiger partial charge is 0.341 e. The molecule has 0 amide bonds. The second-order valence-electron chi connectivity index (χ2n) is 4.34. The van der Waals surface area contributed by atoms with E-state index in [0.29, 0.717) is 17.4 Å². The highest BCUT2D eigenvalue weighted by Gasteiger charge is 2.09. The topological polar surface area (TPSA) is 78.8 Å². The van der Waals surface area contributed by atoms with Crippen molar-refractivity contribution in [1.82, 2.24) is 19.7 Å². The summed E-state index contributed by atoms with van der Waals surface area (Å²) < 4.78 is 7.29. The minimum absolute atomic E-state index is 0.303. The first-order valence-corrected chi connectivity index (χ1v) is 5.82. The Bertz CT molecular complexity index is 750. The summed E-state index contributed by atoms with van der Waals surface area (Å²) in [6.45, 7) is 1.91.